The minimum atomic E-state index is -0.190. The number of aryl methyl sites for hydroxylation is 1. The molecule has 0 saturated heterocycles. The molecule has 0 aliphatic heterocycles. The fraction of sp³-hybridized carbons (Fsp3) is 0.286. The predicted octanol–water partition coefficient (Wildman–Crippen LogP) is 2.49. The Morgan fingerprint density at radius 2 is 2.19 bits per heavy atom. The summed E-state index contributed by atoms with van der Waals surface area (Å²) in [4.78, 5) is 12.1. The number of benzene rings is 1. The average Bonchev–Trinajstić information content (AvgIpc) is 2.68. The summed E-state index contributed by atoms with van der Waals surface area (Å²) < 4.78 is 7.63. The molecular formula is C14H17BrN4O2. The molecule has 1 aromatic carbocycles. The van der Waals surface area contributed by atoms with E-state index in [4.69, 9.17) is 10.5 Å². The first-order valence-corrected chi connectivity index (χ1v) is 7.14. The Bertz CT molecular complexity index is 682. The number of hydrogen-bond donors (Lipinski definition) is 2. The molecule has 2 aromatic rings. The normalized spacial score (nSPS) is 10.5. The predicted molar refractivity (Wildman–Crippen MR) is 85.4 cm³/mol. The quantitative estimate of drug-likeness (QED) is 0.828. The minimum Gasteiger partial charge on any atom is -0.497 e. The first kappa shape index (κ1) is 15.4. The maximum absolute atomic E-state index is 12.1. The number of carbonyl (C=O) groups excluding carboxylic acids is 1. The van der Waals surface area contributed by atoms with Crippen LogP contribution >= 0.6 is 15.9 Å². The van der Waals surface area contributed by atoms with Crippen molar-refractivity contribution in [3.63, 3.8) is 0 Å². The van der Waals surface area contributed by atoms with Crippen LogP contribution in [0, 0.1) is 13.8 Å². The highest BCUT2D eigenvalue weighted by Crippen LogP contribution is 2.24. The Balaban J connectivity index is 2.10. The summed E-state index contributed by atoms with van der Waals surface area (Å²) >= 11 is 3.44. The highest BCUT2D eigenvalue weighted by Gasteiger charge is 2.13. The molecular weight excluding hydrogens is 336 g/mol. The third-order valence-corrected chi connectivity index (χ3v) is 4.27. The van der Waals surface area contributed by atoms with Gasteiger partial charge in [0.2, 0.25) is 5.91 Å². The molecule has 2 rings (SSSR count). The number of amides is 1. The van der Waals surface area contributed by atoms with E-state index in [1.807, 2.05) is 13.8 Å². The minimum absolute atomic E-state index is 0.129. The topological polar surface area (TPSA) is 82.2 Å². The van der Waals surface area contributed by atoms with E-state index in [1.165, 1.54) is 0 Å². The lowest BCUT2D eigenvalue weighted by atomic mass is 10.2. The molecule has 0 atom stereocenters. The summed E-state index contributed by atoms with van der Waals surface area (Å²) in [7, 11) is 1.56. The Morgan fingerprint density at radius 1 is 1.48 bits per heavy atom. The van der Waals surface area contributed by atoms with Crippen LogP contribution in [0.3, 0.4) is 0 Å². The molecule has 112 valence electrons. The van der Waals surface area contributed by atoms with Crippen LogP contribution in [-0.2, 0) is 11.3 Å². The molecule has 0 fully saturated rings. The summed E-state index contributed by atoms with van der Waals surface area (Å²) in [5.74, 6) is 0.456. The second kappa shape index (κ2) is 6.17. The number of nitrogens with one attached hydrogen (secondary N) is 1. The van der Waals surface area contributed by atoms with E-state index in [-0.39, 0.29) is 12.5 Å². The van der Waals surface area contributed by atoms with Gasteiger partial charge in [-0.2, -0.15) is 5.10 Å². The Kier molecular flexibility index (Phi) is 4.52. The van der Waals surface area contributed by atoms with Crippen LogP contribution in [0.4, 0.5) is 11.4 Å². The lowest BCUT2D eigenvalue weighted by Crippen LogP contribution is -2.21. The van der Waals surface area contributed by atoms with Crippen molar-refractivity contribution in [1.82, 2.24) is 9.78 Å². The van der Waals surface area contributed by atoms with E-state index in [0.717, 1.165) is 15.9 Å². The van der Waals surface area contributed by atoms with Crippen molar-refractivity contribution >= 4 is 33.2 Å². The number of halogens is 1. The number of nitrogen functional groups attached to an aromatic ring is 1. The summed E-state index contributed by atoms with van der Waals surface area (Å²) in [5.41, 5.74) is 8.64. The van der Waals surface area contributed by atoms with Gasteiger partial charge >= 0.3 is 0 Å². The van der Waals surface area contributed by atoms with Gasteiger partial charge in [0.15, 0.2) is 0 Å². The maximum Gasteiger partial charge on any atom is 0.246 e. The summed E-state index contributed by atoms with van der Waals surface area (Å²) in [6.07, 6.45) is 0. The smallest absolute Gasteiger partial charge is 0.246 e. The van der Waals surface area contributed by atoms with E-state index in [2.05, 4.69) is 26.3 Å². The van der Waals surface area contributed by atoms with Gasteiger partial charge in [0.05, 0.1) is 34.3 Å². The van der Waals surface area contributed by atoms with Crippen molar-refractivity contribution in [2.75, 3.05) is 18.2 Å². The zero-order valence-corrected chi connectivity index (χ0v) is 13.7. The van der Waals surface area contributed by atoms with Gasteiger partial charge < -0.3 is 15.8 Å². The highest BCUT2D eigenvalue weighted by atomic mass is 79.9. The largest absolute Gasteiger partial charge is 0.497 e. The van der Waals surface area contributed by atoms with E-state index in [0.29, 0.717) is 17.1 Å². The fourth-order valence-electron chi connectivity index (χ4n) is 1.94. The zero-order chi connectivity index (χ0) is 15.6. The van der Waals surface area contributed by atoms with Crippen molar-refractivity contribution in [3.05, 3.63) is 34.1 Å². The molecule has 7 heteroatoms. The molecule has 0 spiro atoms. The van der Waals surface area contributed by atoms with Crippen molar-refractivity contribution < 1.29 is 9.53 Å². The van der Waals surface area contributed by atoms with Crippen LogP contribution in [-0.4, -0.2) is 22.8 Å². The van der Waals surface area contributed by atoms with Gasteiger partial charge in [-0.3, -0.25) is 9.48 Å². The average molecular weight is 353 g/mol. The van der Waals surface area contributed by atoms with Gasteiger partial charge in [0.25, 0.3) is 0 Å². The molecule has 3 N–H and O–H groups in total. The Morgan fingerprint density at radius 3 is 2.71 bits per heavy atom. The maximum atomic E-state index is 12.1. The Hall–Kier alpha value is -2.02. The van der Waals surface area contributed by atoms with Crippen LogP contribution in [0.2, 0.25) is 0 Å². The third kappa shape index (κ3) is 3.36. The second-order valence-electron chi connectivity index (χ2n) is 4.64. The zero-order valence-electron chi connectivity index (χ0n) is 12.1. The van der Waals surface area contributed by atoms with Gasteiger partial charge in [-0.05, 0) is 41.9 Å². The number of nitrogens with two attached hydrogens (primary N) is 1. The first-order chi connectivity index (χ1) is 9.92. The van der Waals surface area contributed by atoms with Crippen molar-refractivity contribution in [3.8, 4) is 5.75 Å². The number of ether oxygens (including phenoxy) is 1. The van der Waals surface area contributed by atoms with Crippen molar-refractivity contribution in [1.29, 1.82) is 0 Å². The summed E-state index contributed by atoms with van der Waals surface area (Å²) in [5, 5.41) is 7.07. The summed E-state index contributed by atoms with van der Waals surface area (Å²) in [6, 6.07) is 5.12. The van der Waals surface area contributed by atoms with Crippen LogP contribution < -0.4 is 15.8 Å². The van der Waals surface area contributed by atoms with Gasteiger partial charge in [-0.15, -0.1) is 0 Å². The number of rotatable bonds is 4. The molecule has 6 nitrogen and oxygen atoms in total. The number of hydrogen-bond acceptors (Lipinski definition) is 4. The number of nitrogens with zero attached hydrogens (tertiary/aromatic N) is 2. The standard InChI is InChI=1S/C14H17BrN4O2/c1-8-14(15)9(2)19(18-8)7-13(20)17-12-5-4-10(21-3)6-11(12)16/h4-6H,7,16H2,1-3H3,(H,17,20). The molecule has 21 heavy (non-hydrogen) atoms. The van der Waals surface area contributed by atoms with Crippen LogP contribution in [0.1, 0.15) is 11.4 Å². The molecule has 1 heterocycles. The molecule has 0 aliphatic rings. The number of carbonyl (C=O) groups is 1. The lowest BCUT2D eigenvalue weighted by Gasteiger charge is -2.10. The van der Waals surface area contributed by atoms with E-state index in [9.17, 15) is 4.79 Å². The van der Waals surface area contributed by atoms with Crippen LogP contribution in [0.15, 0.2) is 22.7 Å². The van der Waals surface area contributed by atoms with Gasteiger partial charge in [-0.1, -0.05) is 0 Å². The van der Waals surface area contributed by atoms with Crippen LogP contribution in [0.5, 0.6) is 5.75 Å². The van der Waals surface area contributed by atoms with Crippen molar-refractivity contribution in [2.45, 2.75) is 20.4 Å². The molecule has 1 aromatic heterocycles. The van der Waals surface area contributed by atoms with Crippen LogP contribution in [0.25, 0.3) is 0 Å². The monoisotopic (exact) mass is 352 g/mol. The van der Waals surface area contributed by atoms with Crippen molar-refractivity contribution in [2.24, 2.45) is 0 Å². The van der Waals surface area contributed by atoms with Gasteiger partial charge in [0.1, 0.15) is 12.3 Å². The molecule has 0 unspecified atom stereocenters. The molecule has 0 radical (unpaired) electrons. The van der Waals surface area contributed by atoms with E-state index in [1.54, 1.807) is 30.0 Å². The van der Waals surface area contributed by atoms with E-state index < -0.39 is 0 Å². The highest BCUT2D eigenvalue weighted by molar-refractivity contribution is 9.10. The number of anilines is 2. The van der Waals surface area contributed by atoms with Gasteiger partial charge in [-0.25, -0.2) is 0 Å². The molecule has 0 aliphatic carbocycles. The second-order valence-corrected chi connectivity index (χ2v) is 5.44. The van der Waals surface area contributed by atoms with E-state index >= 15 is 0 Å². The Labute approximate surface area is 131 Å². The third-order valence-electron chi connectivity index (χ3n) is 3.12. The molecule has 0 saturated carbocycles. The molecule has 0 bridgehead atoms. The lowest BCUT2D eigenvalue weighted by molar-refractivity contribution is -0.116. The molecule has 1 amide bonds. The first-order valence-electron chi connectivity index (χ1n) is 6.35. The number of aromatic nitrogens is 2. The summed E-state index contributed by atoms with van der Waals surface area (Å²) in [6.45, 7) is 3.91. The number of methoxy groups -OCH3 is 1. The SMILES string of the molecule is COc1ccc(NC(=O)Cn2nc(C)c(Br)c2C)c(N)c1. The fourth-order valence-corrected chi connectivity index (χ4v) is 2.22. The van der Waals surface area contributed by atoms with Gasteiger partial charge in [0, 0.05) is 6.07 Å².